The number of hydrogen-bond donors (Lipinski definition) is 1. The fourth-order valence-electron chi connectivity index (χ4n) is 1.83. The lowest BCUT2D eigenvalue weighted by Crippen LogP contribution is -2.36. The first-order valence-electron chi connectivity index (χ1n) is 4.56. The predicted octanol–water partition coefficient (Wildman–Crippen LogP) is 1.05. The molecule has 1 saturated heterocycles. The van der Waals surface area contributed by atoms with Crippen molar-refractivity contribution in [3.63, 3.8) is 0 Å². The molecule has 1 aliphatic rings. The quantitative estimate of drug-likeness (QED) is 0.674. The maximum absolute atomic E-state index is 4.25. The summed E-state index contributed by atoms with van der Waals surface area (Å²) < 4.78 is 2.06. The van der Waals surface area contributed by atoms with E-state index in [0.717, 1.165) is 19.0 Å². The molecule has 0 bridgehead atoms. The van der Waals surface area contributed by atoms with Crippen LogP contribution in [-0.2, 0) is 0 Å². The highest BCUT2D eigenvalue weighted by Gasteiger charge is 2.19. The molecule has 0 radical (unpaired) electrons. The van der Waals surface area contributed by atoms with Crippen LogP contribution < -0.4 is 5.32 Å². The van der Waals surface area contributed by atoms with Crippen LogP contribution in [0.25, 0.3) is 0 Å². The lowest BCUT2D eigenvalue weighted by Gasteiger charge is -2.27. The topological polar surface area (TPSA) is 29.9 Å². The number of hydrogen-bond acceptors (Lipinski definition) is 2. The summed E-state index contributed by atoms with van der Waals surface area (Å²) >= 11 is 0. The first kappa shape index (κ1) is 7.80. The van der Waals surface area contributed by atoms with Crippen LogP contribution in [0.4, 0.5) is 0 Å². The fraction of sp³-hybridized carbons (Fsp3) is 0.667. The Hall–Kier alpha value is -0.830. The van der Waals surface area contributed by atoms with Crippen LogP contribution in [0, 0.1) is 5.92 Å². The molecule has 1 N–H and O–H groups in total. The summed E-state index contributed by atoms with van der Waals surface area (Å²) in [6.45, 7) is 4.49. The summed E-state index contributed by atoms with van der Waals surface area (Å²) in [5.41, 5.74) is 0. The van der Waals surface area contributed by atoms with Crippen LogP contribution in [-0.4, -0.2) is 22.9 Å². The standard InChI is InChI=1S/C9H15N3/c1-8-5-9(7-10-6-8)12-4-2-3-11-12/h2-4,8-10H,5-7H2,1H3/t8-,9+/m0/s1. The van der Waals surface area contributed by atoms with Crippen molar-refractivity contribution >= 4 is 0 Å². The van der Waals surface area contributed by atoms with Gasteiger partial charge in [-0.2, -0.15) is 5.10 Å². The lowest BCUT2D eigenvalue weighted by molar-refractivity contribution is 0.285. The summed E-state index contributed by atoms with van der Waals surface area (Å²) in [5.74, 6) is 0.771. The number of nitrogens with one attached hydrogen (secondary N) is 1. The Labute approximate surface area is 72.8 Å². The van der Waals surface area contributed by atoms with E-state index >= 15 is 0 Å². The third-order valence-corrected chi connectivity index (χ3v) is 2.45. The number of rotatable bonds is 1. The Morgan fingerprint density at radius 2 is 2.42 bits per heavy atom. The lowest BCUT2D eigenvalue weighted by atomic mass is 9.98. The minimum absolute atomic E-state index is 0.559. The minimum atomic E-state index is 0.559. The third kappa shape index (κ3) is 1.50. The van der Waals surface area contributed by atoms with Crippen molar-refractivity contribution in [2.45, 2.75) is 19.4 Å². The molecule has 3 nitrogen and oxygen atoms in total. The summed E-state index contributed by atoms with van der Waals surface area (Å²) in [6, 6.07) is 2.54. The van der Waals surface area contributed by atoms with E-state index in [0.29, 0.717) is 6.04 Å². The molecular formula is C9H15N3. The predicted molar refractivity (Wildman–Crippen MR) is 47.9 cm³/mol. The molecule has 0 spiro atoms. The van der Waals surface area contributed by atoms with Gasteiger partial charge < -0.3 is 5.32 Å². The maximum atomic E-state index is 4.25. The second-order valence-electron chi connectivity index (χ2n) is 3.64. The SMILES string of the molecule is C[C@@H]1CNC[C@H](n2cccn2)C1. The van der Waals surface area contributed by atoms with Gasteiger partial charge in [-0.15, -0.1) is 0 Å². The van der Waals surface area contributed by atoms with Crippen LogP contribution in [0.2, 0.25) is 0 Å². The molecule has 0 aromatic carbocycles. The molecule has 2 rings (SSSR count). The zero-order chi connectivity index (χ0) is 8.39. The summed E-state index contributed by atoms with van der Waals surface area (Å²) in [6.07, 6.45) is 5.14. The van der Waals surface area contributed by atoms with E-state index in [4.69, 9.17) is 0 Å². The molecule has 12 heavy (non-hydrogen) atoms. The van der Waals surface area contributed by atoms with Gasteiger partial charge in [-0.3, -0.25) is 4.68 Å². The highest BCUT2D eigenvalue weighted by molar-refractivity contribution is 4.85. The first-order chi connectivity index (χ1) is 5.86. The largest absolute Gasteiger partial charge is 0.314 e. The normalized spacial score (nSPS) is 30.4. The van der Waals surface area contributed by atoms with Crippen LogP contribution in [0.15, 0.2) is 18.5 Å². The van der Waals surface area contributed by atoms with Crippen molar-refractivity contribution < 1.29 is 0 Å². The fourth-order valence-corrected chi connectivity index (χ4v) is 1.83. The molecule has 1 fully saturated rings. The van der Waals surface area contributed by atoms with Gasteiger partial charge in [-0.1, -0.05) is 6.92 Å². The second-order valence-corrected chi connectivity index (χ2v) is 3.64. The number of aromatic nitrogens is 2. The van der Waals surface area contributed by atoms with Gasteiger partial charge >= 0.3 is 0 Å². The van der Waals surface area contributed by atoms with Gasteiger partial charge in [0.1, 0.15) is 0 Å². The van der Waals surface area contributed by atoms with Gasteiger partial charge in [-0.25, -0.2) is 0 Å². The Balaban J connectivity index is 2.04. The molecule has 2 heterocycles. The van der Waals surface area contributed by atoms with Crippen molar-refractivity contribution in [1.82, 2.24) is 15.1 Å². The monoisotopic (exact) mass is 165 g/mol. The zero-order valence-electron chi connectivity index (χ0n) is 7.40. The van der Waals surface area contributed by atoms with Gasteiger partial charge in [0, 0.05) is 18.9 Å². The van der Waals surface area contributed by atoms with Crippen LogP contribution in [0.5, 0.6) is 0 Å². The van der Waals surface area contributed by atoms with Gasteiger partial charge in [0.15, 0.2) is 0 Å². The van der Waals surface area contributed by atoms with E-state index in [-0.39, 0.29) is 0 Å². The Morgan fingerprint density at radius 3 is 3.08 bits per heavy atom. The van der Waals surface area contributed by atoms with Crippen molar-refractivity contribution in [3.8, 4) is 0 Å². The Bertz CT molecular complexity index is 230. The maximum Gasteiger partial charge on any atom is 0.0646 e. The Kier molecular flexibility index (Phi) is 2.13. The highest BCUT2D eigenvalue weighted by atomic mass is 15.3. The molecular weight excluding hydrogens is 150 g/mol. The van der Waals surface area contributed by atoms with E-state index in [1.165, 1.54) is 6.42 Å². The molecule has 3 heteroatoms. The number of piperidine rings is 1. The average molecular weight is 165 g/mol. The summed E-state index contributed by atoms with van der Waals surface area (Å²) in [5, 5.41) is 7.66. The molecule has 0 amide bonds. The summed E-state index contributed by atoms with van der Waals surface area (Å²) in [4.78, 5) is 0. The van der Waals surface area contributed by atoms with Crippen molar-refractivity contribution in [3.05, 3.63) is 18.5 Å². The van der Waals surface area contributed by atoms with Crippen LogP contribution in [0.1, 0.15) is 19.4 Å². The number of nitrogens with zero attached hydrogens (tertiary/aromatic N) is 2. The van der Waals surface area contributed by atoms with E-state index in [2.05, 4.69) is 22.0 Å². The van der Waals surface area contributed by atoms with Gasteiger partial charge in [0.05, 0.1) is 6.04 Å². The van der Waals surface area contributed by atoms with E-state index in [9.17, 15) is 0 Å². The third-order valence-electron chi connectivity index (χ3n) is 2.45. The van der Waals surface area contributed by atoms with Crippen molar-refractivity contribution in [1.29, 1.82) is 0 Å². The van der Waals surface area contributed by atoms with E-state index in [1.54, 1.807) is 0 Å². The zero-order valence-corrected chi connectivity index (χ0v) is 7.40. The van der Waals surface area contributed by atoms with Crippen molar-refractivity contribution in [2.75, 3.05) is 13.1 Å². The minimum Gasteiger partial charge on any atom is -0.314 e. The average Bonchev–Trinajstić information content (AvgIpc) is 2.56. The molecule has 0 unspecified atom stereocenters. The second kappa shape index (κ2) is 3.27. The molecule has 0 aliphatic carbocycles. The van der Waals surface area contributed by atoms with E-state index in [1.807, 2.05) is 18.5 Å². The highest BCUT2D eigenvalue weighted by Crippen LogP contribution is 2.19. The first-order valence-corrected chi connectivity index (χ1v) is 4.56. The smallest absolute Gasteiger partial charge is 0.0646 e. The van der Waals surface area contributed by atoms with Crippen molar-refractivity contribution in [2.24, 2.45) is 5.92 Å². The van der Waals surface area contributed by atoms with Gasteiger partial charge in [0.25, 0.3) is 0 Å². The molecule has 2 atom stereocenters. The van der Waals surface area contributed by atoms with Gasteiger partial charge in [-0.05, 0) is 24.9 Å². The summed E-state index contributed by atoms with van der Waals surface area (Å²) in [7, 11) is 0. The molecule has 0 saturated carbocycles. The molecule has 66 valence electrons. The Morgan fingerprint density at radius 1 is 1.50 bits per heavy atom. The van der Waals surface area contributed by atoms with Gasteiger partial charge in [0.2, 0.25) is 0 Å². The van der Waals surface area contributed by atoms with E-state index < -0.39 is 0 Å². The van der Waals surface area contributed by atoms with Crippen LogP contribution >= 0.6 is 0 Å². The molecule has 1 aliphatic heterocycles. The van der Waals surface area contributed by atoms with Crippen LogP contribution in [0.3, 0.4) is 0 Å². The molecule has 1 aromatic heterocycles. The molecule has 1 aromatic rings.